The molecule has 3 aliphatic heterocycles. The topological polar surface area (TPSA) is 129 Å². The molecule has 3 aromatic rings. The van der Waals surface area contributed by atoms with Crippen molar-refractivity contribution in [2.75, 3.05) is 30.5 Å². The number of para-hydroxylation sites is 1. The Balaban J connectivity index is 1.23. The maximum Gasteiger partial charge on any atom is 0.264 e. The van der Waals surface area contributed by atoms with Crippen molar-refractivity contribution in [2.45, 2.75) is 69.9 Å². The quantitative estimate of drug-likeness (QED) is 0.314. The Morgan fingerprint density at radius 3 is 2.43 bits per heavy atom. The molecule has 0 bridgehead atoms. The van der Waals surface area contributed by atoms with Gasteiger partial charge in [-0.25, -0.2) is 0 Å². The fraction of sp³-hybridized carbons (Fsp3) is 0.432. The van der Waals surface area contributed by atoms with Gasteiger partial charge in [0.05, 0.1) is 50.1 Å². The van der Waals surface area contributed by atoms with Crippen LogP contribution in [-0.2, 0) is 26.5 Å². The third-order valence-electron chi connectivity index (χ3n) is 10.1. The maximum absolute atomic E-state index is 14.6. The summed E-state index contributed by atoms with van der Waals surface area (Å²) in [5.74, 6) is -0.902. The fourth-order valence-electron chi connectivity index (χ4n) is 7.85. The van der Waals surface area contributed by atoms with E-state index in [-0.39, 0.29) is 43.3 Å². The average Bonchev–Trinajstić information content (AvgIpc) is 3.72. The van der Waals surface area contributed by atoms with Crippen LogP contribution in [0.4, 0.5) is 11.4 Å². The molecule has 2 saturated heterocycles. The van der Waals surface area contributed by atoms with Gasteiger partial charge >= 0.3 is 0 Å². The van der Waals surface area contributed by atoms with E-state index in [2.05, 4.69) is 5.32 Å². The number of amides is 3. The molecule has 0 unspecified atom stereocenters. The highest BCUT2D eigenvalue weighted by Gasteiger charge is 2.66. The summed E-state index contributed by atoms with van der Waals surface area (Å²) in [6.07, 6.45) is 0.883. The minimum atomic E-state index is -1.38. The number of benzene rings is 3. The molecule has 1 spiro atoms. The molecule has 10 heteroatoms. The van der Waals surface area contributed by atoms with Gasteiger partial charge in [-0.2, -0.15) is 0 Å². The summed E-state index contributed by atoms with van der Waals surface area (Å²) in [5.41, 5.74) is 0.816. The standard InChI is InChI=1S/C37H43N3O7/c1-23-33(36(2,3)45)31(20-32(42)39-19-7-8-27(39)22-41)47-37(23)29-9-5-6-10-30(29)40(35(37)44)21-24-11-15-26(16-12-24)38-34(43)25-13-17-28(46-4)18-14-25/h5-6,9-18,23,27,31,33,41,45H,7-8,19-22H2,1-4H3,(H,38,43)/t23-,27-,31+,33-,37+/m0/s1. The minimum absolute atomic E-state index is 0.0103. The number of nitrogens with zero attached hydrogens (tertiary/aromatic N) is 2. The van der Waals surface area contributed by atoms with Crippen LogP contribution in [0.2, 0.25) is 0 Å². The van der Waals surface area contributed by atoms with Gasteiger partial charge in [-0.1, -0.05) is 37.3 Å². The Labute approximate surface area is 275 Å². The summed E-state index contributed by atoms with van der Waals surface area (Å²) in [6.45, 7) is 6.09. The Kier molecular flexibility index (Phi) is 8.86. The first-order valence-electron chi connectivity index (χ1n) is 16.2. The first kappa shape index (κ1) is 32.7. The molecule has 0 radical (unpaired) electrons. The molecular weight excluding hydrogens is 598 g/mol. The molecule has 3 aliphatic rings. The Morgan fingerprint density at radius 1 is 1.06 bits per heavy atom. The van der Waals surface area contributed by atoms with Crippen molar-refractivity contribution in [2.24, 2.45) is 11.8 Å². The van der Waals surface area contributed by atoms with Crippen molar-refractivity contribution in [1.29, 1.82) is 0 Å². The van der Waals surface area contributed by atoms with Crippen LogP contribution in [-0.4, -0.2) is 70.8 Å². The number of likely N-dealkylation sites (tertiary alicyclic amines) is 1. The van der Waals surface area contributed by atoms with Crippen LogP contribution in [0, 0.1) is 11.8 Å². The summed E-state index contributed by atoms with van der Waals surface area (Å²) in [6, 6.07) is 21.5. The Bertz CT molecular complexity index is 1630. The molecule has 47 heavy (non-hydrogen) atoms. The number of ether oxygens (including phenoxy) is 2. The van der Waals surface area contributed by atoms with Gasteiger partial charge < -0.3 is 34.8 Å². The second kappa shape index (κ2) is 12.7. The molecule has 10 nitrogen and oxygen atoms in total. The van der Waals surface area contributed by atoms with Gasteiger partial charge in [0.1, 0.15) is 5.75 Å². The van der Waals surface area contributed by atoms with Gasteiger partial charge in [-0.15, -0.1) is 0 Å². The van der Waals surface area contributed by atoms with E-state index in [1.165, 1.54) is 0 Å². The lowest BCUT2D eigenvalue weighted by atomic mass is 9.71. The van der Waals surface area contributed by atoms with Gasteiger partial charge in [0, 0.05) is 35.2 Å². The molecule has 0 aromatic heterocycles. The van der Waals surface area contributed by atoms with Gasteiger partial charge in [0.25, 0.3) is 11.8 Å². The molecular formula is C37H43N3O7. The van der Waals surface area contributed by atoms with Gasteiger partial charge in [0.2, 0.25) is 5.91 Å². The van der Waals surface area contributed by atoms with Crippen LogP contribution in [0.5, 0.6) is 5.75 Å². The third kappa shape index (κ3) is 5.90. The van der Waals surface area contributed by atoms with Crippen LogP contribution >= 0.6 is 0 Å². The number of carbonyl (C=O) groups excluding carboxylic acids is 3. The first-order valence-corrected chi connectivity index (χ1v) is 16.2. The van der Waals surface area contributed by atoms with Gasteiger partial charge in [-0.05, 0) is 74.7 Å². The number of methoxy groups -OCH3 is 1. The zero-order valence-electron chi connectivity index (χ0n) is 27.3. The van der Waals surface area contributed by atoms with E-state index in [0.717, 1.165) is 29.7 Å². The predicted octanol–water partition coefficient (Wildman–Crippen LogP) is 4.49. The zero-order valence-corrected chi connectivity index (χ0v) is 27.3. The summed E-state index contributed by atoms with van der Waals surface area (Å²) >= 11 is 0. The molecule has 5 atom stereocenters. The zero-order chi connectivity index (χ0) is 33.5. The molecule has 0 saturated carbocycles. The number of hydrogen-bond acceptors (Lipinski definition) is 7. The van der Waals surface area contributed by atoms with E-state index in [0.29, 0.717) is 23.5 Å². The highest BCUT2D eigenvalue weighted by molar-refractivity contribution is 6.07. The van der Waals surface area contributed by atoms with Crippen molar-refractivity contribution >= 4 is 29.1 Å². The lowest BCUT2D eigenvalue weighted by Gasteiger charge is -2.34. The molecule has 248 valence electrons. The van der Waals surface area contributed by atoms with Gasteiger partial charge in [0.15, 0.2) is 5.60 Å². The highest BCUT2D eigenvalue weighted by Crippen LogP contribution is 2.58. The number of aliphatic hydroxyl groups is 2. The Hall–Kier alpha value is -4.25. The lowest BCUT2D eigenvalue weighted by Crippen LogP contribution is -2.46. The van der Waals surface area contributed by atoms with E-state index >= 15 is 0 Å². The number of aliphatic hydroxyl groups excluding tert-OH is 1. The van der Waals surface area contributed by atoms with E-state index < -0.39 is 29.1 Å². The molecule has 6 rings (SSSR count). The number of hydrogen-bond donors (Lipinski definition) is 3. The van der Waals surface area contributed by atoms with Gasteiger partial charge in [-0.3, -0.25) is 14.4 Å². The second-order valence-electron chi connectivity index (χ2n) is 13.4. The largest absolute Gasteiger partial charge is 0.497 e. The average molecular weight is 642 g/mol. The number of rotatable bonds is 9. The molecule has 2 fully saturated rings. The first-order chi connectivity index (χ1) is 22.5. The van der Waals surface area contributed by atoms with Crippen molar-refractivity contribution < 1.29 is 34.1 Å². The summed E-state index contributed by atoms with van der Waals surface area (Å²) in [4.78, 5) is 44.3. The van der Waals surface area contributed by atoms with E-state index in [1.807, 2.05) is 43.3 Å². The number of anilines is 2. The second-order valence-corrected chi connectivity index (χ2v) is 13.4. The van der Waals surface area contributed by atoms with E-state index in [9.17, 15) is 24.6 Å². The van der Waals surface area contributed by atoms with Crippen molar-refractivity contribution in [3.05, 3.63) is 89.5 Å². The van der Waals surface area contributed by atoms with Crippen LogP contribution < -0.4 is 15.0 Å². The monoisotopic (exact) mass is 641 g/mol. The predicted molar refractivity (Wildman–Crippen MR) is 177 cm³/mol. The number of nitrogens with one attached hydrogen (secondary N) is 1. The molecule has 3 aromatic carbocycles. The van der Waals surface area contributed by atoms with E-state index in [4.69, 9.17) is 9.47 Å². The van der Waals surface area contributed by atoms with Crippen LogP contribution in [0.15, 0.2) is 72.8 Å². The summed E-state index contributed by atoms with van der Waals surface area (Å²) < 4.78 is 11.9. The molecule has 3 N–H and O–H groups in total. The molecule has 0 aliphatic carbocycles. The highest BCUT2D eigenvalue weighted by atomic mass is 16.5. The fourth-order valence-corrected chi connectivity index (χ4v) is 7.85. The van der Waals surface area contributed by atoms with E-state index in [1.54, 1.807) is 67.2 Å². The molecule has 3 heterocycles. The van der Waals surface area contributed by atoms with Crippen LogP contribution in [0.1, 0.15) is 61.5 Å². The summed E-state index contributed by atoms with van der Waals surface area (Å²) in [5, 5.41) is 24.1. The third-order valence-corrected chi connectivity index (χ3v) is 10.1. The molecule has 3 amide bonds. The van der Waals surface area contributed by atoms with Crippen molar-refractivity contribution in [3.63, 3.8) is 0 Å². The van der Waals surface area contributed by atoms with Crippen molar-refractivity contribution in [1.82, 2.24) is 4.90 Å². The lowest BCUT2D eigenvalue weighted by molar-refractivity contribution is -0.150. The summed E-state index contributed by atoms with van der Waals surface area (Å²) in [7, 11) is 1.57. The minimum Gasteiger partial charge on any atom is -0.497 e. The maximum atomic E-state index is 14.6. The number of carbonyl (C=O) groups is 3. The SMILES string of the molecule is COc1ccc(C(=O)Nc2ccc(CN3C(=O)[C@]4(O[C@H](CC(=O)N5CCC[C@H]5CO)[C@@H](C(C)(C)O)[C@@H]4C)c4ccccc43)cc2)cc1. The smallest absolute Gasteiger partial charge is 0.264 e. The van der Waals surface area contributed by atoms with Crippen molar-refractivity contribution in [3.8, 4) is 5.75 Å². The van der Waals surface area contributed by atoms with Crippen LogP contribution in [0.25, 0.3) is 0 Å². The number of fused-ring (bicyclic) bond motifs is 2. The Morgan fingerprint density at radius 2 is 1.77 bits per heavy atom. The normalized spacial score (nSPS) is 25.4. The van der Waals surface area contributed by atoms with Crippen LogP contribution in [0.3, 0.4) is 0 Å².